The van der Waals surface area contributed by atoms with Crippen LogP contribution in [0.15, 0.2) is 4.79 Å². The van der Waals surface area contributed by atoms with E-state index in [9.17, 15) is 9.90 Å². The van der Waals surface area contributed by atoms with Crippen molar-refractivity contribution in [2.75, 3.05) is 13.1 Å². The van der Waals surface area contributed by atoms with Crippen molar-refractivity contribution in [3.8, 4) is 0 Å². The Hall–Kier alpha value is -1.24. The van der Waals surface area contributed by atoms with Crippen molar-refractivity contribution in [2.45, 2.75) is 46.8 Å². The van der Waals surface area contributed by atoms with E-state index in [4.69, 9.17) is 0 Å². The van der Waals surface area contributed by atoms with Crippen LogP contribution in [-0.2, 0) is 6.54 Å². The molecular weight excluding hydrogens is 286 g/mol. The Balaban J connectivity index is 2.28. The third-order valence-corrected chi connectivity index (χ3v) is 4.95. The van der Waals surface area contributed by atoms with Gasteiger partial charge >= 0.3 is 0 Å². The highest BCUT2D eigenvalue weighted by Crippen LogP contribution is 2.25. The largest absolute Gasteiger partial charge is 0.392 e. The van der Waals surface area contributed by atoms with Crippen molar-refractivity contribution in [1.29, 1.82) is 0 Å². The van der Waals surface area contributed by atoms with Gasteiger partial charge in [-0.15, -0.1) is 11.3 Å². The van der Waals surface area contributed by atoms with Gasteiger partial charge in [-0.3, -0.25) is 9.69 Å². The number of aliphatic hydroxyl groups is 1. The summed E-state index contributed by atoms with van der Waals surface area (Å²) in [6, 6.07) is 0. The minimum Gasteiger partial charge on any atom is -0.392 e. The Morgan fingerprint density at radius 1 is 1.38 bits per heavy atom. The predicted molar refractivity (Wildman–Crippen MR) is 87.0 cm³/mol. The number of hydrogen-bond acceptors (Lipinski definition) is 5. The minimum absolute atomic E-state index is 0.0658. The average molecular weight is 309 g/mol. The van der Waals surface area contributed by atoms with Gasteiger partial charge in [-0.25, -0.2) is 4.98 Å². The molecule has 2 rings (SSSR count). The molecule has 2 aromatic heterocycles. The Morgan fingerprint density at radius 2 is 2.10 bits per heavy atom. The summed E-state index contributed by atoms with van der Waals surface area (Å²) in [6.45, 7) is 9.92. The maximum atomic E-state index is 12.2. The van der Waals surface area contributed by atoms with Gasteiger partial charge in [0.15, 0.2) is 0 Å². The highest BCUT2D eigenvalue weighted by atomic mass is 32.1. The molecule has 0 aromatic carbocycles. The summed E-state index contributed by atoms with van der Waals surface area (Å²) in [5.74, 6) is 0.666. The van der Waals surface area contributed by atoms with E-state index in [0.717, 1.165) is 28.2 Å². The highest BCUT2D eigenvalue weighted by Gasteiger charge is 2.14. The molecule has 0 aliphatic carbocycles. The third-order valence-electron chi connectivity index (χ3n) is 3.85. The molecule has 5 nitrogen and oxygen atoms in total. The summed E-state index contributed by atoms with van der Waals surface area (Å²) < 4.78 is 0. The highest BCUT2D eigenvalue weighted by molar-refractivity contribution is 7.18. The Bertz CT molecular complexity index is 677. The van der Waals surface area contributed by atoms with Crippen molar-refractivity contribution in [3.63, 3.8) is 0 Å². The van der Waals surface area contributed by atoms with Crippen molar-refractivity contribution in [3.05, 3.63) is 26.6 Å². The number of thiophene rings is 1. The van der Waals surface area contributed by atoms with Crippen molar-refractivity contribution >= 4 is 21.6 Å². The molecule has 0 saturated carbocycles. The Kier molecular flexibility index (Phi) is 5.13. The van der Waals surface area contributed by atoms with Crippen LogP contribution in [0.3, 0.4) is 0 Å². The zero-order valence-electron chi connectivity index (χ0n) is 13.1. The lowest BCUT2D eigenvalue weighted by Gasteiger charge is -2.22. The smallest absolute Gasteiger partial charge is 0.259 e. The summed E-state index contributed by atoms with van der Waals surface area (Å²) in [7, 11) is 0. The third kappa shape index (κ3) is 3.51. The maximum Gasteiger partial charge on any atom is 0.259 e. The molecule has 2 N–H and O–H groups in total. The topological polar surface area (TPSA) is 69.2 Å². The fourth-order valence-corrected chi connectivity index (χ4v) is 3.37. The predicted octanol–water partition coefficient (Wildman–Crippen LogP) is 2.19. The van der Waals surface area contributed by atoms with E-state index in [0.29, 0.717) is 24.3 Å². The van der Waals surface area contributed by atoms with E-state index in [2.05, 4.69) is 14.9 Å². The van der Waals surface area contributed by atoms with E-state index in [1.807, 2.05) is 27.7 Å². The van der Waals surface area contributed by atoms with Gasteiger partial charge in [0.2, 0.25) is 0 Å². The molecular formula is C15H23N3O2S. The van der Waals surface area contributed by atoms with E-state index in [1.165, 1.54) is 0 Å². The van der Waals surface area contributed by atoms with Crippen LogP contribution in [0.5, 0.6) is 0 Å². The first kappa shape index (κ1) is 16.1. The van der Waals surface area contributed by atoms with Crippen LogP contribution >= 0.6 is 11.3 Å². The number of H-pyrrole nitrogens is 1. The summed E-state index contributed by atoms with van der Waals surface area (Å²) in [5.41, 5.74) is 0.952. The summed E-state index contributed by atoms with van der Waals surface area (Å²) in [4.78, 5) is 23.7. The van der Waals surface area contributed by atoms with Crippen LogP contribution in [0.4, 0.5) is 0 Å². The molecule has 0 aliphatic rings. The minimum atomic E-state index is -0.341. The lowest BCUT2D eigenvalue weighted by molar-refractivity contribution is 0.107. The number of nitrogens with one attached hydrogen (secondary N) is 1. The zero-order chi connectivity index (χ0) is 15.6. The Morgan fingerprint density at radius 3 is 2.71 bits per heavy atom. The molecule has 1 unspecified atom stereocenters. The molecule has 2 heterocycles. The maximum absolute atomic E-state index is 12.2. The van der Waals surface area contributed by atoms with Crippen LogP contribution in [0, 0.1) is 13.8 Å². The fraction of sp³-hybridized carbons (Fsp3) is 0.600. The number of aromatic nitrogens is 2. The van der Waals surface area contributed by atoms with Crippen LogP contribution in [0.1, 0.15) is 36.5 Å². The first-order chi connectivity index (χ1) is 9.96. The normalized spacial score (nSPS) is 13.2. The summed E-state index contributed by atoms with van der Waals surface area (Å²) in [6.07, 6.45) is 0.384. The number of nitrogens with zero attached hydrogens (tertiary/aromatic N) is 2. The second kappa shape index (κ2) is 6.68. The second-order valence-corrected chi connectivity index (χ2v) is 6.57. The molecule has 1 atom stereocenters. The lowest BCUT2D eigenvalue weighted by atomic mass is 10.2. The number of aryl methyl sites for hydroxylation is 2. The average Bonchev–Trinajstić information content (AvgIpc) is 2.73. The number of aliphatic hydroxyl groups excluding tert-OH is 1. The molecule has 2 aromatic rings. The fourth-order valence-electron chi connectivity index (χ4n) is 2.32. The molecule has 116 valence electrons. The van der Waals surface area contributed by atoms with Gasteiger partial charge in [0.1, 0.15) is 10.7 Å². The monoisotopic (exact) mass is 309 g/mol. The number of rotatable bonds is 6. The van der Waals surface area contributed by atoms with Gasteiger partial charge in [0, 0.05) is 11.4 Å². The zero-order valence-corrected chi connectivity index (χ0v) is 13.9. The lowest BCUT2D eigenvalue weighted by Crippen LogP contribution is -2.32. The molecule has 6 heteroatoms. The van der Waals surface area contributed by atoms with Crippen LogP contribution in [-0.4, -0.2) is 39.2 Å². The number of aromatic amines is 1. The van der Waals surface area contributed by atoms with Gasteiger partial charge in [-0.05, 0) is 32.4 Å². The number of hydrogen-bond donors (Lipinski definition) is 2. The Labute approximate surface area is 128 Å². The second-order valence-electron chi connectivity index (χ2n) is 5.37. The number of fused-ring (bicyclic) bond motifs is 1. The van der Waals surface area contributed by atoms with Crippen LogP contribution in [0.2, 0.25) is 0 Å². The van der Waals surface area contributed by atoms with Gasteiger partial charge in [0.05, 0.1) is 18.0 Å². The first-order valence-corrected chi connectivity index (χ1v) is 8.17. The SMILES string of the molecule is CCC(O)CN(CC)Cc1nc2sc(C)c(C)c2c(=O)[nH]1. The van der Waals surface area contributed by atoms with E-state index < -0.39 is 0 Å². The van der Waals surface area contributed by atoms with E-state index in [-0.39, 0.29) is 11.7 Å². The van der Waals surface area contributed by atoms with Gasteiger partial charge in [0.25, 0.3) is 5.56 Å². The van der Waals surface area contributed by atoms with Crippen LogP contribution < -0.4 is 5.56 Å². The van der Waals surface area contributed by atoms with Crippen molar-refractivity contribution in [2.24, 2.45) is 0 Å². The molecule has 21 heavy (non-hydrogen) atoms. The van der Waals surface area contributed by atoms with Gasteiger partial charge in [-0.1, -0.05) is 13.8 Å². The molecule has 0 bridgehead atoms. The van der Waals surface area contributed by atoms with Gasteiger partial charge in [-0.2, -0.15) is 0 Å². The van der Waals surface area contributed by atoms with Crippen molar-refractivity contribution in [1.82, 2.24) is 14.9 Å². The van der Waals surface area contributed by atoms with Crippen LogP contribution in [0.25, 0.3) is 10.2 Å². The molecule has 0 aliphatic heterocycles. The quantitative estimate of drug-likeness (QED) is 0.858. The standard InChI is InChI=1S/C15H23N3O2S/c1-5-11(19)7-18(6-2)8-12-16-14(20)13-9(3)10(4)21-15(13)17-12/h11,19H,5-8H2,1-4H3,(H,16,17,20). The first-order valence-electron chi connectivity index (χ1n) is 7.35. The van der Waals surface area contributed by atoms with Gasteiger partial charge < -0.3 is 10.1 Å². The molecule has 0 fully saturated rings. The molecule has 0 spiro atoms. The molecule has 0 saturated heterocycles. The summed E-state index contributed by atoms with van der Waals surface area (Å²) in [5, 5.41) is 10.5. The van der Waals surface area contributed by atoms with Crippen molar-refractivity contribution < 1.29 is 5.11 Å². The number of likely N-dealkylation sites (N-methyl/N-ethyl adjacent to an activating group) is 1. The van der Waals surface area contributed by atoms with E-state index in [1.54, 1.807) is 11.3 Å². The van der Waals surface area contributed by atoms with E-state index >= 15 is 0 Å². The molecule has 0 radical (unpaired) electrons. The summed E-state index contributed by atoms with van der Waals surface area (Å²) >= 11 is 1.56. The molecule has 0 amide bonds.